The van der Waals surface area contributed by atoms with Gasteiger partial charge in [0, 0.05) is 35.1 Å². The molecule has 2 heterocycles. The van der Waals surface area contributed by atoms with Gasteiger partial charge in [-0.1, -0.05) is 74.5 Å². The van der Waals surface area contributed by atoms with E-state index < -0.39 is 18.7 Å². The molecule has 52 heavy (non-hydrogen) atoms. The number of aromatic hydroxyl groups is 2. The number of hydrogen-bond acceptors (Lipinski definition) is 9. The molecule has 274 valence electrons. The fourth-order valence-electron chi connectivity index (χ4n) is 7.01. The van der Waals surface area contributed by atoms with Gasteiger partial charge in [0.1, 0.15) is 11.5 Å². The third-order valence-corrected chi connectivity index (χ3v) is 9.98. The van der Waals surface area contributed by atoms with E-state index in [9.17, 15) is 24.9 Å². The number of aliphatic hydroxyl groups excluding tert-OH is 1. The van der Waals surface area contributed by atoms with Crippen molar-refractivity contribution in [2.24, 2.45) is 0 Å². The van der Waals surface area contributed by atoms with E-state index >= 15 is 0 Å². The molecule has 0 spiro atoms. The van der Waals surface area contributed by atoms with Gasteiger partial charge in [0.2, 0.25) is 0 Å². The first kappa shape index (κ1) is 37.4. The lowest BCUT2D eigenvalue weighted by Gasteiger charge is -2.37. The second kappa shape index (κ2) is 17.4. The maximum Gasteiger partial charge on any atom is 0.193 e. The van der Waals surface area contributed by atoms with Crippen molar-refractivity contribution in [3.05, 3.63) is 130 Å². The van der Waals surface area contributed by atoms with E-state index in [1.165, 1.54) is 12.1 Å². The Labute approximate surface area is 305 Å². The number of hydrogen-bond donors (Lipinski definition) is 3. The molecule has 3 N–H and O–H groups in total. The van der Waals surface area contributed by atoms with Crippen LogP contribution in [0.15, 0.2) is 97.1 Å². The summed E-state index contributed by atoms with van der Waals surface area (Å²) in [5, 5.41) is 32.7. The predicted molar refractivity (Wildman–Crippen MR) is 195 cm³/mol. The van der Waals surface area contributed by atoms with Crippen LogP contribution in [0.25, 0.3) is 0 Å². The van der Waals surface area contributed by atoms with Gasteiger partial charge in [0.05, 0.1) is 41.6 Å². The number of carbonyl (C=O) groups excluding carboxylic acids is 2. The van der Waals surface area contributed by atoms with Crippen LogP contribution in [0.1, 0.15) is 121 Å². The fraction of sp³-hybridized carbons (Fsp3) is 0.395. The van der Waals surface area contributed by atoms with Crippen molar-refractivity contribution >= 4 is 11.6 Å². The van der Waals surface area contributed by atoms with E-state index in [1.54, 1.807) is 48.5 Å². The van der Waals surface area contributed by atoms with Crippen LogP contribution in [0.3, 0.4) is 0 Å². The number of aliphatic hydroxyl groups is 1. The van der Waals surface area contributed by atoms with Crippen molar-refractivity contribution in [2.75, 3.05) is 0 Å². The van der Waals surface area contributed by atoms with Gasteiger partial charge in [-0.05, 0) is 74.9 Å². The number of phenols is 2. The van der Waals surface area contributed by atoms with Crippen molar-refractivity contribution in [1.29, 1.82) is 0 Å². The zero-order valence-corrected chi connectivity index (χ0v) is 29.7. The molecule has 4 aromatic carbocycles. The molecule has 0 saturated carbocycles. The quantitative estimate of drug-likeness (QED) is 0.111. The number of rotatable bonds is 14. The topological polar surface area (TPSA) is 132 Å². The molecule has 0 amide bonds. The molecule has 2 aliphatic rings. The van der Waals surface area contributed by atoms with Crippen LogP contribution >= 0.6 is 0 Å². The maximum absolute atomic E-state index is 13.1. The molecule has 0 aliphatic carbocycles. The highest BCUT2D eigenvalue weighted by Crippen LogP contribution is 2.39. The minimum Gasteiger partial charge on any atom is -0.507 e. The minimum absolute atomic E-state index is 0.00326. The summed E-state index contributed by atoms with van der Waals surface area (Å²) in [4.78, 5) is 26.3. The summed E-state index contributed by atoms with van der Waals surface area (Å²) in [7, 11) is 0. The van der Waals surface area contributed by atoms with E-state index in [0.29, 0.717) is 71.9 Å². The summed E-state index contributed by atoms with van der Waals surface area (Å²) in [6, 6.07) is 27.4. The van der Waals surface area contributed by atoms with E-state index in [0.717, 1.165) is 12.8 Å². The average molecular weight is 709 g/mol. The largest absolute Gasteiger partial charge is 0.507 e. The van der Waals surface area contributed by atoms with Crippen LogP contribution in [-0.4, -0.2) is 57.4 Å². The van der Waals surface area contributed by atoms with E-state index in [2.05, 4.69) is 0 Å². The number of benzene rings is 4. The van der Waals surface area contributed by atoms with Crippen LogP contribution in [-0.2, 0) is 18.9 Å². The molecule has 0 bridgehead atoms. The van der Waals surface area contributed by atoms with Crippen molar-refractivity contribution in [3.63, 3.8) is 0 Å². The van der Waals surface area contributed by atoms with Crippen molar-refractivity contribution in [3.8, 4) is 11.5 Å². The van der Waals surface area contributed by atoms with Gasteiger partial charge in [-0.3, -0.25) is 9.59 Å². The van der Waals surface area contributed by atoms with E-state index in [1.807, 2.05) is 50.2 Å². The molecule has 2 aliphatic heterocycles. The van der Waals surface area contributed by atoms with Gasteiger partial charge in [-0.2, -0.15) is 0 Å². The Morgan fingerprint density at radius 1 is 0.615 bits per heavy atom. The monoisotopic (exact) mass is 708 g/mol. The molecule has 9 nitrogen and oxygen atoms in total. The highest BCUT2D eigenvalue weighted by molar-refractivity contribution is 6.09. The molecule has 6 rings (SSSR count). The second-order valence-corrected chi connectivity index (χ2v) is 13.7. The zero-order valence-electron chi connectivity index (χ0n) is 29.7. The molecule has 9 heteroatoms. The molecular weight excluding hydrogens is 660 g/mol. The molecular formula is C43H48O9. The van der Waals surface area contributed by atoms with Gasteiger partial charge < -0.3 is 34.3 Å². The number of ether oxygens (including phenoxy) is 4. The fourth-order valence-corrected chi connectivity index (χ4v) is 7.01. The highest BCUT2D eigenvalue weighted by Gasteiger charge is 2.35. The third-order valence-electron chi connectivity index (χ3n) is 9.98. The Morgan fingerprint density at radius 3 is 1.54 bits per heavy atom. The van der Waals surface area contributed by atoms with Gasteiger partial charge in [0.25, 0.3) is 0 Å². The minimum atomic E-state index is -0.879. The summed E-state index contributed by atoms with van der Waals surface area (Å²) in [6.07, 6.45) is 2.05. The lowest BCUT2D eigenvalue weighted by molar-refractivity contribution is -0.253. The maximum atomic E-state index is 13.1. The average Bonchev–Trinajstić information content (AvgIpc) is 3.18. The Hall–Kier alpha value is -4.38. The summed E-state index contributed by atoms with van der Waals surface area (Å²) < 4.78 is 25.1. The number of carbonyl (C=O) groups is 2. The smallest absolute Gasteiger partial charge is 0.193 e. The lowest BCUT2D eigenvalue weighted by atomic mass is 9.96. The Kier molecular flexibility index (Phi) is 12.5. The van der Waals surface area contributed by atoms with Gasteiger partial charge >= 0.3 is 0 Å². The zero-order chi connectivity index (χ0) is 36.6. The SMILES string of the molecule is CCC1CC(CCCC(O)CC2CC(CC)OC(c3cc(C(=O)c4ccccc4)ccc3O)O2)OC(c2cc(C(=O)c3ccccc3)ccc2O)O1. The van der Waals surface area contributed by atoms with Gasteiger partial charge in [-0.15, -0.1) is 0 Å². The van der Waals surface area contributed by atoms with Crippen LogP contribution in [0.4, 0.5) is 0 Å². The van der Waals surface area contributed by atoms with E-state index in [4.69, 9.17) is 18.9 Å². The predicted octanol–water partition coefficient (Wildman–Crippen LogP) is 8.35. The summed E-state index contributed by atoms with van der Waals surface area (Å²) in [5.41, 5.74) is 2.78. The first-order chi connectivity index (χ1) is 25.2. The summed E-state index contributed by atoms with van der Waals surface area (Å²) in [6.45, 7) is 4.07. The van der Waals surface area contributed by atoms with Crippen molar-refractivity contribution in [2.45, 2.75) is 108 Å². The Balaban J connectivity index is 1.05. The molecule has 7 atom stereocenters. The van der Waals surface area contributed by atoms with E-state index in [-0.39, 0.29) is 47.5 Å². The van der Waals surface area contributed by atoms with Crippen LogP contribution in [0, 0.1) is 0 Å². The molecule has 2 saturated heterocycles. The van der Waals surface area contributed by atoms with Crippen LogP contribution in [0.2, 0.25) is 0 Å². The van der Waals surface area contributed by atoms with Gasteiger partial charge in [0.15, 0.2) is 24.1 Å². The van der Waals surface area contributed by atoms with Crippen LogP contribution in [0.5, 0.6) is 11.5 Å². The highest BCUT2D eigenvalue weighted by atomic mass is 16.7. The van der Waals surface area contributed by atoms with Crippen LogP contribution < -0.4 is 0 Å². The number of ketones is 2. The van der Waals surface area contributed by atoms with Gasteiger partial charge in [-0.25, -0.2) is 0 Å². The summed E-state index contributed by atoms with van der Waals surface area (Å²) in [5.74, 6) is -0.328. The Bertz CT molecular complexity index is 1790. The molecule has 4 aromatic rings. The summed E-state index contributed by atoms with van der Waals surface area (Å²) >= 11 is 0. The molecule has 0 aromatic heterocycles. The van der Waals surface area contributed by atoms with Crippen molar-refractivity contribution in [1.82, 2.24) is 0 Å². The standard InChI is InChI=1S/C43H48O9/c1-3-32-25-34(51-42(49-32)36-22-29(18-20-38(36)45)40(47)27-12-7-5-8-13-27)17-11-16-31(44)24-35-26-33(4-2)50-43(52-35)37-23-30(19-21-39(37)46)41(48)28-14-9-6-10-15-28/h5-10,12-15,18-23,31-35,42-46H,3-4,11,16-17,24-26H2,1-2H3. The Morgan fingerprint density at radius 2 is 1.06 bits per heavy atom. The van der Waals surface area contributed by atoms with Crippen molar-refractivity contribution < 1.29 is 43.9 Å². The molecule has 7 unspecified atom stereocenters. The number of phenolic OH excluding ortho intramolecular Hbond substituents is 2. The molecule has 2 fully saturated rings. The first-order valence-electron chi connectivity index (χ1n) is 18.4. The first-order valence-corrected chi connectivity index (χ1v) is 18.4. The molecule has 0 radical (unpaired) electrons. The second-order valence-electron chi connectivity index (χ2n) is 13.7. The third kappa shape index (κ3) is 9.15. The normalized spacial score (nSPS) is 23.9. The lowest BCUT2D eigenvalue weighted by Crippen LogP contribution is -2.36.